The Kier molecular flexibility index (Phi) is 14.1. The normalized spacial score (nSPS) is 19.3. The summed E-state index contributed by atoms with van der Waals surface area (Å²) in [6.07, 6.45) is -1.58. The van der Waals surface area contributed by atoms with Crippen LogP contribution >= 0.6 is 0 Å². The maximum absolute atomic E-state index is 14.5. The Labute approximate surface area is 334 Å². The Morgan fingerprint density at radius 1 is 0.912 bits per heavy atom. The average Bonchev–Trinajstić information content (AvgIpc) is 3.83. The number of carbonyl (C=O) groups is 1. The van der Waals surface area contributed by atoms with Crippen LogP contribution in [0, 0.1) is 21.4 Å². The Bertz CT molecular complexity index is 1960. The molecule has 0 aromatic heterocycles. The minimum atomic E-state index is -4.31. The number of nitrogens with zero attached hydrogens (tertiary/aromatic N) is 3. The molecule has 6 rings (SSSR count). The van der Waals surface area contributed by atoms with Crippen LogP contribution in [0.4, 0.5) is 10.5 Å². The summed E-state index contributed by atoms with van der Waals surface area (Å²) in [4.78, 5) is 26.4. The fraction of sp³-hybridized carbons (Fsp3) is 0.419. The number of amides is 1. The van der Waals surface area contributed by atoms with Gasteiger partial charge < -0.3 is 24.6 Å². The van der Waals surface area contributed by atoms with E-state index in [-0.39, 0.29) is 42.6 Å². The highest BCUT2D eigenvalue weighted by Crippen LogP contribution is 2.33. The first-order valence-corrected chi connectivity index (χ1v) is 20.8. The second-order valence-electron chi connectivity index (χ2n) is 15.6. The van der Waals surface area contributed by atoms with Gasteiger partial charge in [0.1, 0.15) is 6.10 Å². The highest BCUT2D eigenvalue weighted by molar-refractivity contribution is 7.89. The lowest BCUT2D eigenvalue weighted by Crippen LogP contribution is -2.52. The van der Waals surface area contributed by atoms with Gasteiger partial charge in [-0.1, -0.05) is 105 Å². The molecule has 0 radical (unpaired) electrons. The molecule has 0 bridgehead atoms. The molecule has 4 aromatic rings. The third-order valence-electron chi connectivity index (χ3n) is 10.6. The van der Waals surface area contributed by atoms with E-state index < -0.39 is 51.0 Å². The minimum absolute atomic E-state index is 0.0128. The Morgan fingerprint density at radius 3 is 2.07 bits per heavy atom. The molecule has 2 N–H and O–H groups in total. The smallest absolute Gasteiger partial charge is 0.407 e. The van der Waals surface area contributed by atoms with Crippen molar-refractivity contribution in [3.8, 4) is 0 Å². The van der Waals surface area contributed by atoms with E-state index in [9.17, 15) is 28.4 Å². The zero-order valence-corrected chi connectivity index (χ0v) is 33.2. The van der Waals surface area contributed by atoms with Crippen LogP contribution in [-0.4, -0.2) is 91.1 Å². The van der Waals surface area contributed by atoms with E-state index in [1.165, 1.54) is 16.4 Å². The summed E-state index contributed by atoms with van der Waals surface area (Å²) in [5.41, 5.74) is 2.28. The standard InChI is InChI=1S/C43H52N4O9S/c1-43(2,23-24-45(27-33-14-8-4-9-15-33)28-34-16-10-5-11-17-34)31-46(57(52,53)36-20-18-35(19-21-36)47(50)51)29-39(48)38(26-32-12-6-3-7-13-32)44-42(49)56-40-30-55-41-37(40)22-25-54-41/h3-21,37-41,48H,22-31H2,1-2H3,(H,44,49)/t37-,38-,39+,40-,41+/m0/s1. The van der Waals surface area contributed by atoms with Crippen molar-refractivity contribution in [2.24, 2.45) is 11.3 Å². The van der Waals surface area contributed by atoms with E-state index in [0.29, 0.717) is 39.1 Å². The van der Waals surface area contributed by atoms with Crippen LogP contribution in [0.5, 0.6) is 0 Å². The second kappa shape index (κ2) is 19.2. The van der Waals surface area contributed by atoms with Gasteiger partial charge in [-0.25, -0.2) is 13.2 Å². The lowest BCUT2D eigenvalue weighted by molar-refractivity contribution is -0.384. The van der Waals surface area contributed by atoms with E-state index in [1.54, 1.807) is 0 Å². The maximum Gasteiger partial charge on any atom is 0.407 e. The number of aliphatic hydroxyl groups is 1. The predicted octanol–water partition coefficient (Wildman–Crippen LogP) is 6.16. The molecule has 2 aliphatic heterocycles. The number of nitrogens with one attached hydrogen (secondary N) is 1. The first kappa shape index (κ1) is 41.9. The fourth-order valence-corrected chi connectivity index (χ4v) is 9.06. The summed E-state index contributed by atoms with van der Waals surface area (Å²) in [5.74, 6) is -0.0888. The van der Waals surface area contributed by atoms with Gasteiger partial charge in [0.25, 0.3) is 5.69 Å². The summed E-state index contributed by atoms with van der Waals surface area (Å²) >= 11 is 0. The summed E-state index contributed by atoms with van der Waals surface area (Å²) in [5, 5.41) is 26.2. The number of sulfonamides is 1. The van der Waals surface area contributed by atoms with Crippen molar-refractivity contribution in [1.82, 2.24) is 14.5 Å². The predicted molar refractivity (Wildman–Crippen MR) is 214 cm³/mol. The van der Waals surface area contributed by atoms with Crippen LogP contribution in [0.25, 0.3) is 0 Å². The van der Waals surface area contributed by atoms with Gasteiger partial charge in [0.15, 0.2) is 6.29 Å². The Balaban J connectivity index is 1.23. The molecule has 1 amide bonds. The Hall–Kier alpha value is -4.70. The van der Waals surface area contributed by atoms with E-state index in [1.807, 2.05) is 80.6 Å². The molecule has 0 spiro atoms. The summed E-state index contributed by atoms with van der Waals surface area (Å²) in [7, 11) is -4.31. The zero-order chi connectivity index (χ0) is 40.4. The van der Waals surface area contributed by atoms with Crippen molar-refractivity contribution in [3.05, 3.63) is 142 Å². The van der Waals surface area contributed by atoms with Gasteiger partial charge in [-0.3, -0.25) is 15.0 Å². The first-order chi connectivity index (χ1) is 27.4. The van der Waals surface area contributed by atoms with Crippen LogP contribution in [0.15, 0.2) is 120 Å². The van der Waals surface area contributed by atoms with Crippen molar-refractivity contribution in [2.75, 3.05) is 32.8 Å². The fourth-order valence-electron chi connectivity index (χ4n) is 7.41. The third kappa shape index (κ3) is 11.7. The van der Waals surface area contributed by atoms with Crippen molar-refractivity contribution < 1.29 is 37.5 Å². The van der Waals surface area contributed by atoms with E-state index >= 15 is 0 Å². The summed E-state index contributed by atoms with van der Waals surface area (Å²) < 4.78 is 47.2. The quantitative estimate of drug-likeness (QED) is 0.0830. The van der Waals surface area contributed by atoms with Gasteiger partial charge in [0.05, 0.1) is 41.1 Å². The largest absolute Gasteiger partial charge is 0.443 e. The van der Waals surface area contributed by atoms with Crippen molar-refractivity contribution in [1.29, 1.82) is 0 Å². The third-order valence-corrected chi connectivity index (χ3v) is 12.4. The zero-order valence-electron chi connectivity index (χ0n) is 32.4. The summed E-state index contributed by atoms with van der Waals surface area (Å²) in [6.45, 7) is 6.36. The minimum Gasteiger partial charge on any atom is -0.443 e. The lowest BCUT2D eigenvalue weighted by Gasteiger charge is -2.36. The molecule has 14 heteroatoms. The number of non-ortho nitro benzene ring substituents is 1. The number of alkyl carbamates (subject to hydrolysis) is 1. The SMILES string of the molecule is CC(C)(CCN(Cc1ccccc1)Cc1ccccc1)CN(C[C@@H](O)[C@H](Cc1ccccc1)NC(=O)O[C@H]1CO[C@H]2OCC[C@H]21)S(=O)(=O)c1ccc([N+](=O)[O-])cc1. The van der Waals surface area contributed by atoms with Gasteiger partial charge in [-0.2, -0.15) is 4.31 Å². The van der Waals surface area contributed by atoms with E-state index in [2.05, 4.69) is 34.5 Å². The molecule has 4 aromatic carbocycles. The highest BCUT2D eigenvalue weighted by atomic mass is 32.2. The number of aliphatic hydroxyl groups excluding tert-OH is 1. The number of benzene rings is 4. The lowest BCUT2D eigenvalue weighted by atomic mass is 9.88. The molecule has 2 heterocycles. The van der Waals surface area contributed by atoms with Crippen LogP contribution < -0.4 is 5.32 Å². The number of nitro benzene ring substituents is 1. The number of fused-ring (bicyclic) bond motifs is 1. The van der Waals surface area contributed by atoms with Crippen molar-refractivity contribution in [3.63, 3.8) is 0 Å². The van der Waals surface area contributed by atoms with Gasteiger partial charge >= 0.3 is 6.09 Å². The van der Waals surface area contributed by atoms with Gasteiger partial charge in [-0.05, 0) is 60.0 Å². The monoisotopic (exact) mass is 800 g/mol. The summed E-state index contributed by atoms with van der Waals surface area (Å²) in [6, 6.07) is 33.4. The first-order valence-electron chi connectivity index (χ1n) is 19.3. The second-order valence-corrected chi connectivity index (χ2v) is 17.6. The number of rotatable bonds is 19. The molecule has 2 saturated heterocycles. The molecular formula is C43H52N4O9S. The maximum atomic E-state index is 14.5. The van der Waals surface area contributed by atoms with Crippen LogP contribution in [0.3, 0.4) is 0 Å². The molecule has 5 atom stereocenters. The molecule has 13 nitrogen and oxygen atoms in total. The number of ether oxygens (including phenoxy) is 3. The molecular weight excluding hydrogens is 749 g/mol. The number of carbonyl (C=O) groups excluding carboxylic acids is 1. The topological polar surface area (TPSA) is 161 Å². The van der Waals surface area contributed by atoms with Crippen LogP contribution in [0.2, 0.25) is 0 Å². The number of hydrogen-bond donors (Lipinski definition) is 2. The molecule has 57 heavy (non-hydrogen) atoms. The van der Waals surface area contributed by atoms with Gasteiger partial charge in [0.2, 0.25) is 10.0 Å². The van der Waals surface area contributed by atoms with Gasteiger partial charge in [0, 0.05) is 38.3 Å². The van der Waals surface area contributed by atoms with Crippen LogP contribution in [0.1, 0.15) is 43.4 Å². The highest BCUT2D eigenvalue weighted by Gasteiger charge is 2.44. The van der Waals surface area contributed by atoms with E-state index in [4.69, 9.17) is 14.2 Å². The number of nitro groups is 1. The van der Waals surface area contributed by atoms with Gasteiger partial charge in [-0.15, -0.1) is 0 Å². The molecule has 304 valence electrons. The van der Waals surface area contributed by atoms with Crippen LogP contribution in [-0.2, 0) is 43.7 Å². The average molecular weight is 801 g/mol. The molecule has 2 aliphatic rings. The molecule has 0 unspecified atom stereocenters. The molecule has 0 saturated carbocycles. The molecule has 2 fully saturated rings. The Morgan fingerprint density at radius 2 is 1.49 bits per heavy atom. The van der Waals surface area contributed by atoms with E-state index in [0.717, 1.165) is 28.8 Å². The number of hydrogen-bond acceptors (Lipinski definition) is 10. The van der Waals surface area contributed by atoms with Crippen molar-refractivity contribution >= 4 is 21.8 Å². The van der Waals surface area contributed by atoms with Crippen molar-refractivity contribution in [2.45, 2.75) is 75.6 Å². The molecule has 0 aliphatic carbocycles.